The van der Waals surface area contributed by atoms with Gasteiger partial charge in [-0.1, -0.05) is 12.1 Å². The predicted octanol–water partition coefficient (Wildman–Crippen LogP) is 3.91. The lowest BCUT2D eigenvalue weighted by Gasteiger charge is -2.27. The molecule has 1 rings (SSSR count). The van der Waals surface area contributed by atoms with E-state index in [2.05, 4.69) is 0 Å². The van der Waals surface area contributed by atoms with Crippen LogP contribution in [-0.2, 0) is 25.9 Å². The molecule has 0 aliphatic heterocycles. The lowest BCUT2D eigenvalue weighted by Crippen LogP contribution is -2.45. The monoisotopic (exact) mass is 322 g/mol. The van der Waals surface area contributed by atoms with Crippen molar-refractivity contribution in [2.45, 2.75) is 32.5 Å². The fourth-order valence-corrected chi connectivity index (χ4v) is 4.29. The zero-order valence-corrected chi connectivity index (χ0v) is 13.5. The second-order valence-electron chi connectivity index (χ2n) is 4.45. The van der Waals surface area contributed by atoms with Crippen molar-refractivity contribution < 1.29 is 26.4 Å². The number of hydrogen-bond donors (Lipinski definition) is 0. The van der Waals surface area contributed by atoms with E-state index < -0.39 is 20.5 Å². The molecule has 7 heteroatoms. The van der Waals surface area contributed by atoms with E-state index >= 15 is 0 Å². The lowest BCUT2D eigenvalue weighted by atomic mass is 10.1. The Bertz CT molecular complexity index is 414. The average Bonchev–Trinajstić information content (AvgIpc) is 2.45. The van der Waals surface area contributed by atoms with Gasteiger partial charge in [0.25, 0.3) is 0 Å². The van der Waals surface area contributed by atoms with Gasteiger partial charge >= 0.3 is 15.0 Å². The van der Waals surface area contributed by atoms with Gasteiger partial charge in [0.1, 0.15) is 0 Å². The molecule has 0 aliphatic rings. The summed E-state index contributed by atoms with van der Waals surface area (Å²) in [4.78, 5) is 0. The number of hydrogen-bond acceptors (Lipinski definition) is 3. The van der Waals surface area contributed by atoms with E-state index in [1.54, 1.807) is 7.11 Å². The third kappa shape index (κ3) is 5.42. The molecule has 0 saturated heterocycles. The number of halogens is 3. The molecule has 0 saturated carbocycles. The molecule has 1 aromatic carbocycles. The molecule has 0 aliphatic carbocycles. The van der Waals surface area contributed by atoms with E-state index in [4.69, 9.17) is 13.3 Å². The molecule has 120 valence electrons. The summed E-state index contributed by atoms with van der Waals surface area (Å²) < 4.78 is 54.2. The van der Waals surface area contributed by atoms with Gasteiger partial charge in [0.2, 0.25) is 0 Å². The Labute approximate surface area is 124 Å². The number of rotatable bonds is 8. The largest absolute Gasteiger partial charge is 0.501 e. The maximum Gasteiger partial charge on any atom is 0.501 e. The average molecular weight is 322 g/mol. The van der Waals surface area contributed by atoms with E-state index in [1.165, 1.54) is 12.1 Å². The summed E-state index contributed by atoms with van der Waals surface area (Å²) in [5, 5.41) is 0. The smallest absolute Gasteiger partial charge is 0.377 e. The van der Waals surface area contributed by atoms with E-state index in [1.807, 2.05) is 13.8 Å². The minimum absolute atomic E-state index is 0.479. The van der Waals surface area contributed by atoms with Gasteiger partial charge in [-0.05, 0) is 38.0 Å². The first kappa shape index (κ1) is 18.2. The Morgan fingerprint density at radius 1 is 1.00 bits per heavy atom. The van der Waals surface area contributed by atoms with Crippen molar-refractivity contribution in [1.82, 2.24) is 0 Å². The number of aryl methyl sites for hydroxylation is 1. The molecule has 0 fully saturated rings. The van der Waals surface area contributed by atoms with Crippen molar-refractivity contribution >= 4 is 8.80 Å². The van der Waals surface area contributed by atoms with Gasteiger partial charge in [-0.15, -0.1) is 0 Å². The molecule has 0 radical (unpaired) electrons. The van der Waals surface area contributed by atoms with E-state index in [9.17, 15) is 13.2 Å². The lowest BCUT2D eigenvalue weighted by molar-refractivity contribution is -0.137. The third-order valence-electron chi connectivity index (χ3n) is 3.04. The molecule has 0 atom stereocenters. The first-order valence-corrected chi connectivity index (χ1v) is 8.79. The zero-order chi connectivity index (χ0) is 15.9. The highest BCUT2D eigenvalue weighted by Crippen LogP contribution is 2.29. The first-order chi connectivity index (χ1) is 9.87. The molecule has 3 nitrogen and oxygen atoms in total. The molecule has 0 spiro atoms. The van der Waals surface area contributed by atoms with Crippen LogP contribution in [0.2, 0.25) is 6.04 Å². The Kier molecular flexibility index (Phi) is 6.86. The summed E-state index contributed by atoms with van der Waals surface area (Å²) >= 11 is 0. The van der Waals surface area contributed by atoms with E-state index in [-0.39, 0.29) is 0 Å². The maximum absolute atomic E-state index is 12.5. The molecule has 0 heterocycles. The van der Waals surface area contributed by atoms with Crippen molar-refractivity contribution in [3.8, 4) is 0 Å². The van der Waals surface area contributed by atoms with Crippen LogP contribution in [0.5, 0.6) is 0 Å². The molecule has 1 aromatic rings. The topological polar surface area (TPSA) is 27.7 Å². The van der Waals surface area contributed by atoms with Crippen LogP contribution in [0.25, 0.3) is 0 Å². The van der Waals surface area contributed by atoms with Gasteiger partial charge in [-0.25, -0.2) is 0 Å². The van der Waals surface area contributed by atoms with Gasteiger partial charge in [-0.3, -0.25) is 0 Å². The van der Waals surface area contributed by atoms with Crippen LogP contribution >= 0.6 is 0 Å². The summed E-state index contributed by atoms with van der Waals surface area (Å²) in [6.07, 6.45) is -3.75. The van der Waals surface area contributed by atoms with Crippen LogP contribution in [0.4, 0.5) is 13.2 Å². The molecular weight excluding hydrogens is 301 g/mol. The SMILES string of the molecule is CCO[Si](CCc1ccc(C(F)(F)F)cc1)(OC)OCC. The molecule has 0 aromatic heterocycles. The van der Waals surface area contributed by atoms with Gasteiger partial charge in [0.05, 0.1) is 5.56 Å². The fraction of sp³-hybridized carbons (Fsp3) is 0.571. The quantitative estimate of drug-likeness (QED) is 0.679. The first-order valence-electron chi connectivity index (χ1n) is 6.86. The van der Waals surface area contributed by atoms with Crippen molar-refractivity contribution in [3.63, 3.8) is 0 Å². The molecule has 21 heavy (non-hydrogen) atoms. The second-order valence-corrected chi connectivity index (χ2v) is 7.30. The van der Waals surface area contributed by atoms with Crippen LogP contribution in [0.3, 0.4) is 0 Å². The van der Waals surface area contributed by atoms with Gasteiger partial charge in [-0.2, -0.15) is 13.2 Å². The van der Waals surface area contributed by atoms with Crippen molar-refractivity contribution in [2.24, 2.45) is 0 Å². The highest BCUT2D eigenvalue weighted by molar-refractivity contribution is 6.60. The van der Waals surface area contributed by atoms with Crippen LogP contribution in [0, 0.1) is 0 Å². The van der Waals surface area contributed by atoms with Gasteiger partial charge in [0, 0.05) is 26.4 Å². The Balaban J connectivity index is 2.71. The van der Waals surface area contributed by atoms with Crippen molar-refractivity contribution in [3.05, 3.63) is 35.4 Å². The van der Waals surface area contributed by atoms with Crippen LogP contribution in [-0.4, -0.2) is 29.1 Å². The van der Waals surface area contributed by atoms with E-state index in [0.717, 1.165) is 17.7 Å². The van der Waals surface area contributed by atoms with Crippen LogP contribution < -0.4 is 0 Å². The highest BCUT2D eigenvalue weighted by Gasteiger charge is 2.39. The Morgan fingerprint density at radius 3 is 1.90 bits per heavy atom. The van der Waals surface area contributed by atoms with Crippen molar-refractivity contribution in [1.29, 1.82) is 0 Å². The van der Waals surface area contributed by atoms with E-state index in [0.29, 0.717) is 25.7 Å². The third-order valence-corrected chi connectivity index (χ3v) is 5.98. The standard InChI is InChI=1S/C14H21F3O3Si/c1-4-19-21(18-3,20-5-2)11-10-12-6-8-13(9-7-12)14(15,16)17/h6-9H,4-5,10-11H2,1-3H3. The summed E-state index contributed by atoms with van der Waals surface area (Å²) in [7, 11) is -1.18. The van der Waals surface area contributed by atoms with Gasteiger partial charge < -0.3 is 13.3 Å². The minimum atomic E-state index is -4.31. The van der Waals surface area contributed by atoms with Gasteiger partial charge in [0.15, 0.2) is 0 Å². The van der Waals surface area contributed by atoms with Crippen LogP contribution in [0.1, 0.15) is 25.0 Å². The number of benzene rings is 1. The summed E-state index contributed by atoms with van der Waals surface area (Å²) in [5.41, 5.74) is 0.160. The maximum atomic E-state index is 12.5. The summed E-state index contributed by atoms with van der Waals surface area (Å²) in [6.45, 7) is 4.68. The number of alkyl halides is 3. The molecule has 0 unspecified atom stereocenters. The zero-order valence-electron chi connectivity index (χ0n) is 12.5. The fourth-order valence-electron chi connectivity index (χ4n) is 2.00. The minimum Gasteiger partial charge on any atom is -0.377 e. The van der Waals surface area contributed by atoms with Crippen LogP contribution in [0.15, 0.2) is 24.3 Å². The molecular formula is C14H21F3O3Si. The van der Waals surface area contributed by atoms with Crippen molar-refractivity contribution in [2.75, 3.05) is 20.3 Å². The summed E-state index contributed by atoms with van der Waals surface area (Å²) in [5.74, 6) is 0. The Morgan fingerprint density at radius 2 is 1.52 bits per heavy atom. The molecule has 0 bridgehead atoms. The normalized spacial score (nSPS) is 12.7. The summed E-state index contributed by atoms with van der Waals surface area (Å²) in [6, 6.07) is 5.68. The highest BCUT2D eigenvalue weighted by atomic mass is 28.4. The predicted molar refractivity (Wildman–Crippen MR) is 76.0 cm³/mol. The molecule has 0 N–H and O–H groups in total. The Hall–Kier alpha value is -0.893. The second kappa shape index (κ2) is 7.93. The molecule has 0 amide bonds.